The molecule has 4 rings (SSSR count). The molecule has 4 aliphatic carbocycles. The maximum atomic E-state index is 12.5. The van der Waals surface area contributed by atoms with Crippen molar-refractivity contribution in [2.45, 2.75) is 71.6 Å². The van der Waals surface area contributed by atoms with Crippen LogP contribution in [0.15, 0.2) is 5.16 Å². The molecule has 0 aromatic carbocycles. The molecule has 122 valence electrons. The van der Waals surface area contributed by atoms with Crippen LogP contribution in [-0.4, -0.2) is 16.7 Å². The average Bonchev–Trinajstić information content (AvgIpc) is 2.82. The Hall–Kier alpha value is -0.860. The van der Waals surface area contributed by atoms with E-state index in [0.717, 1.165) is 37.8 Å². The maximum absolute atomic E-state index is 12.5. The number of oxime groups is 1. The van der Waals surface area contributed by atoms with Gasteiger partial charge in [0.05, 0.1) is 5.71 Å². The Morgan fingerprint density at radius 2 is 1.91 bits per heavy atom. The minimum atomic E-state index is -0.144. The number of fused-ring (bicyclic) bond motifs is 5. The number of Topliss-reactive ketones (excluding diaryl/α,β-unsaturated/α-hetero) is 1. The molecule has 0 aromatic rings. The summed E-state index contributed by atoms with van der Waals surface area (Å²) in [4.78, 5) is 12.5. The molecule has 3 heteroatoms. The lowest BCUT2D eigenvalue weighted by Gasteiger charge is -2.59. The summed E-state index contributed by atoms with van der Waals surface area (Å²) in [6, 6.07) is 0. The molecule has 0 radical (unpaired) electrons. The molecule has 0 amide bonds. The topological polar surface area (TPSA) is 49.7 Å². The van der Waals surface area contributed by atoms with Crippen LogP contribution >= 0.6 is 0 Å². The zero-order chi connectivity index (χ0) is 15.5. The lowest BCUT2D eigenvalue weighted by atomic mass is 9.45. The largest absolute Gasteiger partial charge is 0.411 e. The summed E-state index contributed by atoms with van der Waals surface area (Å²) >= 11 is 0. The van der Waals surface area contributed by atoms with Crippen LogP contribution in [0.3, 0.4) is 0 Å². The second-order valence-corrected chi connectivity index (χ2v) is 8.90. The Bertz CT molecular complexity index is 528. The molecule has 0 saturated heterocycles. The third-order valence-electron chi connectivity index (χ3n) is 8.25. The maximum Gasteiger partial charge on any atom is 0.139 e. The van der Waals surface area contributed by atoms with Gasteiger partial charge in [0.25, 0.3) is 0 Å². The first-order valence-electron chi connectivity index (χ1n) is 9.25. The smallest absolute Gasteiger partial charge is 0.139 e. The first kappa shape index (κ1) is 14.7. The number of rotatable bonds is 0. The second-order valence-electron chi connectivity index (χ2n) is 8.90. The molecule has 4 fully saturated rings. The van der Waals surface area contributed by atoms with Crippen LogP contribution in [0.25, 0.3) is 0 Å². The van der Waals surface area contributed by atoms with Crippen LogP contribution < -0.4 is 0 Å². The molecule has 22 heavy (non-hydrogen) atoms. The lowest BCUT2D eigenvalue weighted by Crippen LogP contribution is -2.56. The fourth-order valence-electron chi connectivity index (χ4n) is 6.87. The van der Waals surface area contributed by atoms with Gasteiger partial charge in [0.1, 0.15) is 5.78 Å². The van der Waals surface area contributed by atoms with Gasteiger partial charge in [-0.1, -0.05) is 31.8 Å². The summed E-state index contributed by atoms with van der Waals surface area (Å²) in [6.07, 6.45) is 10.2. The van der Waals surface area contributed by atoms with E-state index in [2.05, 4.69) is 19.0 Å². The van der Waals surface area contributed by atoms with E-state index in [1.54, 1.807) is 0 Å². The van der Waals surface area contributed by atoms with Crippen molar-refractivity contribution in [2.75, 3.05) is 0 Å². The summed E-state index contributed by atoms with van der Waals surface area (Å²) in [5, 5.41) is 13.5. The highest BCUT2D eigenvalue weighted by Gasteiger charge is 2.61. The third-order valence-corrected chi connectivity index (χ3v) is 8.25. The van der Waals surface area contributed by atoms with Gasteiger partial charge in [0.15, 0.2) is 0 Å². The van der Waals surface area contributed by atoms with Crippen molar-refractivity contribution >= 4 is 11.5 Å². The number of hydrogen-bond acceptors (Lipinski definition) is 3. The van der Waals surface area contributed by atoms with Crippen molar-refractivity contribution in [3.63, 3.8) is 0 Å². The van der Waals surface area contributed by atoms with Gasteiger partial charge < -0.3 is 5.21 Å². The molecule has 0 aliphatic heterocycles. The first-order valence-corrected chi connectivity index (χ1v) is 9.25. The average molecular weight is 303 g/mol. The van der Waals surface area contributed by atoms with E-state index in [-0.39, 0.29) is 5.41 Å². The number of ketones is 1. The van der Waals surface area contributed by atoms with Crippen LogP contribution in [0.2, 0.25) is 0 Å². The number of carbonyl (C=O) groups excluding carboxylic acids is 1. The number of carbonyl (C=O) groups is 1. The fraction of sp³-hybridized carbons (Fsp3) is 0.895. The SMILES string of the molecule is C[C@]12CCCC[C@@H]1CC(=NO)[C@@H]1[C@@H]2CC[C@]2(C)C(=O)CC[C@@H]12. The zero-order valence-corrected chi connectivity index (χ0v) is 14.0. The van der Waals surface area contributed by atoms with Crippen molar-refractivity contribution < 1.29 is 10.0 Å². The molecular weight excluding hydrogens is 274 g/mol. The normalized spacial score (nSPS) is 53.0. The lowest BCUT2D eigenvalue weighted by molar-refractivity contribution is -0.132. The Kier molecular flexibility index (Phi) is 3.22. The molecular formula is C19H29NO2. The van der Waals surface area contributed by atoms with Gasteiger partial charge in [-0.2, -0.15) is 0 Å². The predicted octanol–water partition coefficient (Wildman–Crippen LogP) is 4.43. The van der Waals surface area contributed by atoms with Crippen molar-refractivity contribution in [1.29, 1.82) is 0 Å². The quantitative estimate of drug-likeness (QED) is 0.531. The standard InChI is InChI=1S/C19H29NO2/c1-18-9-4-3-5-12(18)11-15(20-22)17-13-6-7-16(21)19(13,2)10-8-14(17)18/h12-14,17,22H,3-11H2,1-2H3/t12-,13+,14+,17+,18+,19+/m1/s1. The fourth-order valence-corrected chi connectivity index (χ4v) is 6.87. The van der Waals surface area contributed by atoms with Gasteiger partial charge in [-0.3, -0.25) is 4.79 Å². The van der Waals surface area contributed by atoms with Gasteiger partial charge in [-0.25, -0.2) is 0 Å². The van der Waals surface area contributed by atoms with Gasteiger partial charge in [-0.05, 0) is 61.7 Å². The van der Waals surface area contributed by atoms with E-state index in [4.69, 9.17) is 0 Å². The Morgan fingerprint density at radius 1 is 1.09 bits per heavy atom. The molecule has 0 spiro atoms. The molecule has 6 atom stereocenters. The van der Waals surface area contributed by atoms with E-state index in [1.807, 2.05) is 0 Å². The minimum absolute atomic E-state index is 0.144. The van der Waals surface area contributed by atoms with Gasteiger partial charge in [0.2, 0.25) is 0 Å². The summed E-state index contributed by atoms with van der Waals surface area (Å²) in [6.45, 7) is 4.69. The van der Waals surface area contributed by atoms with Crippen molar-refractivity contribution in [3.8, 4) is 0 Å². The highest BCUT2D eigenvalue weighted by molar-refractivity contribution is 5.92. The van der Waals surface area contributed by atoms with Gasteiger partial charge in [-0.15, -0.1) is 0 Å². The van der Waals surface area contributed by atoms with Crippen LogP contribution in [0.1, 0.15) is 71.6 Å². The molecule has 4 saturated carbocycles. The Balaban J connectivity index is 1.75. The highest BCUT2D eigenvalue weighted by Crippen LogP contribution is 2.64. The van der Waals surface area contributed by atoms with Crippen molar-refractivity contribution in [3.05, 3.63) is 0 Å². The summed E-state index contributed by atoms with van der Waals surface area (Å²) in [7, 11) is 0. The summed E-state index contributed by atoms with van der Waals surface area (Å²) < 4.78 is 0. The molecule has 0 bridgehead atoms. The van der Waals surface area contributed by atoms with Gasteiger partial charge >= 0.3 is 0 Å². The Labute approximate surface area is 133 Å². The van der Waals surface area contributed by atoms with E-state index in [9.17, 15) is 10.0 Å². The molecule has 4 aliphatic rings. The highest BCUT2D eigenvalue weighted by atomic mass is 16.4. The van der Waals surface area contributed by atoms with Crippen LogP contribution in [-0.2, 0) is 4.79 Å². The Morgan fingerprint density at radius 3 is 2.68 bits per heavy atom. The van der Waals surface area contributed by atoms with E-state index in [0.29, 0.717) is 34.9 Å². The molecule has 1 N–H and O–H groups in total. The van der Waals surface area contributed by atoms with E-state index >= 15 is 0 Å². The van der Waals surface area contributed by atoms with Crippen LogP contribution in [0.5, 0.6) is 0 Å². The molecule has 3 nitrogen and oxygen atoms in total. The van der Waals surface area contributed by atoms with E-state index in [1.165, 1.54) is 25.7 Å². The number of nitrogens with zero attached hydrogens (tertiary/aromatic N) is 1. The van der Waals surface area contributed by atoms with Crippen molar-refractivity contribution in [1.82, 2.24) is 0 Å². The predicted molar refractivity (Wildman–Crippen MR) is 86.0 cm³/mol. The molecule has 0 heterocycles. The summed E-state index contributed by atoms with van der Waals surface area (Å²) in [5.41, 5.74) is 1.29. The minimum Gasteiger partial charge on any atom is -0.411 e. The van der Waals surface area contributed by atoms with Crippen LogP contribution in [0.4, 0.5) is 0 Å². The number of hydrogen-bond donors (Lipinski definition) is 1. The molecule has 0 aromatic heterocycles. The van der Waals surface area contributed by atoms with Gasteiger partial charge in [0, 0.05) is 17.8 Å². The second kappa shape index (κ2) is 4.82. The van der Waals surface area contributed by atoms with E-state index < -0.39 is 0 Å². The van der Waals surface area contributed by atoms with Crippen LogP contribution in [0, 0.1) is 34.5 Å². The first-order chi connectivity index (χ1) is 10.5. The summed E-state index contributed by atoms with van der Waals surface area (Å²) in [5.74, 6) is 2.55. The monoisotopic (exact) mass is 303 g/mol. The zero-order valence-electron chi connectivity index (χ0n) is 14.0. The third kappa shape index (κ3) is 1.74. The molecule has 0 unspecified atom stereocenters. The van der Waals surface area contributed by atoms with Crippen molar-refractivity contribution in [2.24, 2.45) is 39.7 Å².